The number of aromatic nitrogens is 2. The van der Waals surface area contributed by atoms with Crippen LogP contribution in [-0.2, 0) is 12.6 Å². The van der Waals surface area contributed by atoms with E-state index in [0.717, 1.165) is 11.9 Å². The Balaban J connectivity index is 2.59. The summed E-state index contributed by atoms with van der Waals surface area (Å²) in [6.45, 7) is 1.90. The minimum atomic E-state index is -4.54. The molecule has 2 aromatic rings. The second-order valence-corrected chi connectivity index (χ2v) is 4.21. The largest absolute Gasteiger partial charge is 0.417 e. The molecule has 0 bridgehead atoms. The van der Waals surface area contributed by atoms with Crippen LogP contribution < -0.4 is 5.73 Å². The molecule has 1 heterocycles. The second-order valence-electron chi connectivity index (χ2n) is 4.21. The molecule has 0 atom stereocenters. The Morgan fingerprint density at radius 3 is 2.65 bits per heavy atom. The van der Waals surface area contributed by atoms with Crippen LogP contribution in [0.25, 0.3) is 5.69 Å². The molecule has 0 aliphatic heterocycles. The van der Waals surface area contributed by atoms with Gasteiger partial charge in [0.15, 0.2) is 0 Å². The van der Waals surface area contributed by atoms with Crippen LogP contribution in [0, 0.1) is 5.41 Å². The number of aryl methyl sites for hydroxylation is 1. The monoisotopic (exact) mass is 282 g/mol. The molecule has 3 N–H and O–H groups in total. The highest BCUT2D eigenvalue weighted by atomic mass is 19.4. The lowest BCUT2D eigenvalue weighted by atomic mass is 10.0. The highest BCUT2D eigenvalue weighted by Crippen LogP contribution is 2.33. The first-order chi connectivity index (χ1) is 9.34. The number of rotatable bonds is 3. The maximum atomic E-state index is 12.9. The van der Waals surface area contributed by atoms with Gasteiger partial charge in [0.25, 0.3) is 0 Å². The number of nitrogens with one attached hydrogen (secondary N) is 1. The van der Waals surface area contributed by atoms with Crippen molar-refractivity contribution in [1.82, 2.24) is 9.55 Å². The molecule has 106 valence electrons. The third-order valence-corrected chi connectivity index (χ3v) is 2.91. The van der Waals surface area contributed by atoms with E-state index in [0.29, 0.717) is 12.1 Å². The number of amidine groups is 1. The summed E-state index contributed by atoms with van der Waals surface area (Å²) in [4.78, 5) is 4.11. The second kappa shape index (κ2) is 4.99. The molecule has 0 amide bonds. The molecule has 2 rings (SSSR count). The first kappa shape index (κ1) is 14.1. The summed E-state index contributed by atoms with van der Waals surface area (Å²) in [5.41, 5.74) is 4.52. The van der Waals surface area contributed by atoms with Crippen LogP contribution in [0.4, 0.5) is 13.2 Å². The third kappa shape index (κ3) is 2.52. The van der Waals surface area contributed by atoms with E-state index in [1.165, 1.54) is 12.1 Å². The quantitative estimate of drug-likeness (QED) is 0.671. The van der Waals surface area contributed by atoms with Crippen molar-refractivity contribution in [2.45, 2.75) is 19.5 Å². The van der Waals surface area contributed by atoms with Crippen molar-refractivity contribution in [3.05, 3.63) is 47.5 Å². The molecule has 4 nitrogen and oxygen atoms in total. The number of hydrogen-bond acceptors (Lipinski definition) is 2. The zero-order chi connectivity index (χ0) is 14.9. The van der Waals surface area contributed by atoms with Gasteiger partial charge in [-0.25, -0.2) is 4.98 Å². The smallest absolute Gasteiger partial charge is 0.384 e. The van der Waals surface area contributed by atoms with Crippen LogP contribution in [0.1, 0.15) is 23.9 Å². The molecule has 0 saturated carbocycles. The number of nitrogens with two attached hydrogens (primary N) is 1. The van der Waals surface area contributed by atoms with Crippen molar-refractivity contribution in [1.29, 1.82) is 5.41 Å². The van der Waals surface area contributed by atoms with Crippen LogP contribution >= 0.6 is 0 Å². The lowest BCUT2D eigenvalue weighted by Crippen LogP contribution is -2.19. The van der Waals surface area contributed by atoms with Crippen LogP contribution in [0.15, 0.2) is 30.6 Å². The van der Waals surface area contributed by atoms with Crippen LogP contribution in [0.5, 0.6) is 0 Å². The number of benzene rings is 1. The van der Waals surface area contributed by atoms with Crippen molar-refractivity contribution in [3.63, 3.8) is 0 Å². The molecule has 0 aliphatic rings. The van der Waals surface area contributed by atoms with Gasteiger partial charge in [-0.3, -0.25) is 5.41 Å². The predicted molar refractivity (Wildman–Crippen MR) is 69.0 cm³/mol. The van der Waals surface area contributed by atoms with Crippen molar-refractivity contribution in [3.8, 4) is 5.69 Å². The first-order valence-electron chi connectivity index (χ1n) is 5.92. The topological polar surface area (TPSA) is 67.7 Å². The Labute approximate surface area is 113 Å². The molecule has 1 aromatic carbocycles. The number of nitrogens with zero attached hydrogens (tertiary/aromatic N) is 2. The van der Waals surface area contributed by atoms with E-state index in [-0.39, 0.29) is 5.56 Å². The molecule has 0 unspecified atom stereocenters. The number of alkyl halides is 3. The van der Waals surface area contributed by atoms with E-state index in [9.17, 15) is 13.2 Å². The van der Waals surface area contributed by atoms with Crippen molar-refractivity contribution >= 4 is 5.84 Å². The predicted octanol–water partition coefficient (Wildman–Crippen LogP) is 2.74. The van der Waals surface area contributed by atoms with Crippen molar-refractivity contribution < 1.29 is 13.2 Å². The molecule has 0 fully saturated rings. The average Bonchev–Trinajstić information content (AvgIpc) is 2.85. The minimum Gasteiger partial charge on any atom is -0.384 e. The highest BCUT2D eigenvalue weighted by Gasteiger charge is 2.34. The summed E-state index contributed by atoms with van der Waals surface area (Å²) in [5, 5.41) is 7.33. The zero-order valence-corrected chi connectivity index (χ0v) is 10.7. The van der Waals surface area contributed by atoms with E-state index in [1.54, 1.807) is 17.0 Å². The van der Waals surface area contributed by atoms with Gasteiger partial charge < -0.3 is 10.3 Å². The summed E-state index contributed by atoms with van der Waals surface area (Å²) < 4.78 is 40.2. The summed E-state index contributed by atoms with van der Waals surface area (Å²) in [5.74, 6) is 0.108. The van der Waals surface area contributed by atoms with E-state index in [4.69, 9.17) is 11.1 Å². The maximum absolute atomic E-state index is 12.9. The number of imidazole rings is 1. The lowest BCUT2D eigenvalue weighted by molar-refractivity contribution is -0.137. The van der Waals surface area contributed by atoms with Crippen LogP contribution in [0.2, 0.25) is 0 Å². The highest BCUT2D eigenvalue weighted by molar-refractivity contribution is 5.97. The van der Waals surface area contributed by atoms with Crippen molar-refractivity contribution in [2.24, 2.45) is 5.73 Å². The fraction of sp³-hybridized carbons (Fsp3) is 0.231. The SMILES string of the molecule is CCc1nccn1-c1ccc(C(F)(F)F)c(C(=N)N)c1. The Morgan fingerprint density at radius 1 is 1.40 bits per heavy atom. The number of hydrogen-bond donors (Lipinski definition) is 2. The fourth-order valence-electron chi connectivity index (χ4n) is 1.98. The summed E-state index contributed by atoms with van der Waals surface area (Å²) in [6, 6.07) is 3.54. The number of halogens is 3. The van der Waals surface area contributed by atoms with Gasteiger partial charge in [0.1, 0.15) is 11.7 Å². The van der Waals surface area contributed by atoms with Crippen LogP contribution in [-0.4, -0.2) is 15.4 Å². The molecule has 0 saturated heterocycles. The Hall–Kier alpha value is -2.31. The maximum Gasteiger partial charge on any atom is 0.417 e. The summed E-state index contributed by atoms with van der Waals surface area (Å²) in [7, 11) is 0. The van der Waals surface area contributed by atoms with Crippen molar-refractivity contribution in [2.75, 3.05) is 0 Å². The average molecular weight is 282 g/mol. The Kier molecular flexibility index (Phi) is 3.52. The Bertz CT molecular complexity index is 643. The van der Waals surface area contributed by atoms with Gasteiger partial charge in [-0.05, 0) is 18.2 Å². The zero-order valence-electron chi connectivity index (χ0n) is 10.7. The van der Waals surface area contributed by atoms with Gasteiger partial charge in [0, 0.05) is 30.1 Å². The normalized spacial score (nSPS) is 11.6. The van der Waals surface area contributed by atoms with Gasteiger partial charge in [0.05, 0.1) is 5.56 Å². The van der Waals surface area contributed by atoms with Gasteiger partial charge in [-0.15, -0.1) is 0 Å². The molecule has 0 aliphatic carbocycles. The molecule has 7 heteroatoms. The third-order valence-electron chi connectivity index (χ3n) is 2.91. The van der Waals surface area contributed by atoms with Gasteiger partial charge >= 0.3 is 6.18 Å². The van der Waals surface area contributed by atoms with Crippen LogP contribution in [0.3, 0.4) is 0 Å². The molecular formula is C13H13F3N4. The number of nitrogen functional groups attached to an aromatic ring is 1. The fourth-order valence-corrected chi connectivity index (χ4v) is 1.98. The molecule has 20 heavy (non-hydrogen) atoms. The standard InChI is InChI=1S/C13H13F3N4/c1-2-11-19-5-6-20(11)8-3-4-10(13(14,15)16)9(7-8)12(17)18/h3-7H,2H2,1H3,(H3,17,18). The van der Waals surface area contributed by atoms with Gasteiger partial charge in [-0.1, -0.05) is 6.92 Å². The molecule has 1 aromatic heterocycles. The van der Waals surface area contributed by atoms with Gasteiger partial charge in [0.2, 0.25) is 0 Å². The first-order valence-corrected chi connectivity index (χ1v) is 5.92. The van der Waals surface area contributed by atoms with E-state index >= 15 is 0 Å². The van der Waals surface area contributed by atoms with E-state index in [2.05, 4.69) is 4.98 Å². The molecule has 0 spiro atoms. The Morgan fingerprint density at radius 2 is 2.10 bits per heavy atom. The van der Waals surface area contributed by atoms with E-state index < -0.39 is 17.6 Å². The molecular weight excluding hydrogens is 269 g/mol. The summed E-state index contributed by atoms with van der Waals surface area (Å²) in [6.07, 6.45) is -0.666. The van der Waals surface area contributed by atoms with E-state index in [1.807, 2.05) is 6.92 Å². The van der Waals surface area contributed by atoms with Gasteiger partial charge in [-0.2, -0.15) is 13.2 Å². The minimum absolute atomic E-state index is 0.328. The molecule has 0 radical (unpaired) electrons. The summed E-state index contributed by atoms with van der Waals surface area (Å²) >= 11 is 0. The lowest BCUT2D eigenvalue weighted by Gasteiger charge is -2.14.